The quantitative estimate of drug-likeness (QED) is 0.775. The monoisotopic (exact) mass is 350 g/mol. The van der Waals surface area contributed by atoms with Crippen molar-refractivity contribution in [3.8, 4) is 0 Å². The SMILES string of the molecule is CCC(C)C(NC(=O)C1CCNCC1)c1nc2ccccc2[nH]1.Cl. The molecule has 3 rings (SSSR count). The molecule has 1 aromatic carbocycles. The van der Waals surface area contributed by atoms with E-state index in [-0.39, 0.29) is 30.3 Å². The second kappa shape index (κ2) is 8.49. The number of aromatic nitrogens is 2. The number of aromatic amines is 1. The van der Waals surface area contributed by atoms with Gasteiger partial charge < -0.3 is 15.6 Å². The van der Waals surface area contributed by atoms with E-state index in [1.807, 2.05) is 24.3 Å². The van der Waals surface area contributed by atoms with E-state index in [1.54, 1.807) is 0 Å². The summed E-state index contributed by atoms with van der Waals surface area (Å²) >= 11 is 0. The number of piperidine rings is 1. The largest absolute Gasteiger partial charge is 0.346 e. The minimum absolute atomic E-state index is 0. The van der Waals surface area contributed by atoms with Gasteiger partial charge in [0, 0.05) is 5.92 Å². The molecule has 132 valence electrons. The van der Waals surface area contributed by atoms with Crippen molar-refractivity contribution in [2.75, 3.05) is 13.1 Å². The topological polar surface area (TPSA) is 69.8 Å². The van der Waals surface area contributed by atoms with E-state index in [2.05, 4.69) is 29.5 Å². The van der Waals surface area contributed by atoms with Crippen LogP contribution in [0.4, 0.5) is 0 Å². The number of hydrogen-bond donors (Lipinski definition) is 3. The van der Waals surface area contributed by atoms with Crippen molar-refractivity contribution >= 4 is 29.3 Å². The molecule has 1 amide bonds. The molecular weight excluding hydrogens is 324 g/mol. The summed E-state index contributed by atoms with van der Waals surface area (Å²) in [4.78, 5) is 20.7. The standard InChI is InChI=1S/C18H26N4O.ClH/c1-3-12(2)16(22-18(23)13-8-10-19-11-9-13)17-20-14-6-4-5-7-15(14)21-17;/h4-7,12-13,16,19H,3,8-11H2,1-2H3,(H,20,21)(H,22,23);1H. The number of nitrogens with zero attached hydrogens (tertiary/aromatic N) is 1. The van der Waals surface area contributed by atoms with Gasteiger partial charge in [0.05, 0.1) is 17.1 Å². The molecule has 0 radical (unpaired) electrons. The molecule has 1 saturated heterocycles. The maximum atomic E-state index is 12.6. The number of amides is 1. The van der Waals surface area contributed by atoms with E-state index in [0.29, 0.717) is 5.92 Å². The number of imidazole rings is 1. The van der Waals surface area contributed by atoms with Crippen molar-refractivity contribution in [3.63, 3.8) is 0 Å². The van der Waals surface area contributed by atoms with Crippen molar-refractivity contribution in [1.82, 2.24) is 20.6 Å². The van der Waals surface area contributed by atoms with Crippen LogP contribution in [0.5, 0.6) is 0 Å². The molecule has 1 aliphatic heterocycles. The predicted molar refractivity (Wildman–Crippen MR) is 99.3 cm³/mol. The van der Waals surface area contributed by atoms with Gasteiger partial charge in [-0.2, -0.15) is 0 Å². The number of benzene rings is 1. The third kappa shape index (κ3) is 4.08. The predicted octanol–water partition coefficient (Wildman–Crippen LogP) is 3.19. The highest BCUT2D eigenvalue weighted by Gasteiger charge is 2.28. The maximum Gasteiger partial charge on any atom is 0.223 e. The normalized spacial score (nSPS) is 17.9. The molecule has 2 unspecified atom stereocenters. The third-order valence-corrected chi connectivity index (χ3v) is 4.92. The summed E-state index contributed by atoms with van der Waals surface area (Å²) in [6.45, 7) is 6.17. The molecule has 6 heteroatoms. The zero-order chi connectivity index (χ0) is 16.2. The Morgan fingerprint density at radius 2 is 2.04 bits per heavy atom. The molecule has 2 atom stereocenters. The molecule has 1 fully saturated rings. The smallest absolute Gasteiger partial charge is 0.223 e. The van der Waals surface area contributed by atoms with Crippen LogP contribution in [0.2, 0.25) is 0 Å². The molecular formula is C18H27ClN4O. The fourth-order valence-corrected chi connectivity index (χ4v) is 3.19. The number of carbonyl (C=O) groups is 1. The molecule has 2 aromatic rings. The lowest BCUT2D eigenvalue weighted by atomic mass is 9.94. The first kappa shape index (κ1) is 18.7. The molecule has 24 heavy (non-hydrogen) atoms. The Labute approximate surface area is 149 Å². The van der Waals surface area contributed by atoms with Crippen LogP contribution in [0.25, 0.3) is 11.0 Å². The van der Waals surface area contributed by atoms with E-state index in [0.717, 1.165) is 49.2 Å². The Morgan fingerprint density at radius 3 is 2.71 bits per heavy atom. The second-order valence-corrected chi connectivity index (χ2v) is 6.54. The highest BCUT2D eigenvalue weighted by Crippen LogP contribution is 2.25. The van der Waals surface area contributed by atoms with Gasteiger partial charge in [-0.1, -0.05) is 32.4 Å². The van der Waals surface area contributed by atoms with Gasteiger partial charge in [-0.15, -0.1) is 12.4 Å². The Hall–Kier alpha value is -1.59. The Morgan fingerprint density at radius 1 is 1.33 bits per heavy atom. The van der Waals surface area contributed by atoms with Gasteiger partial charge in [0.25, 0.3) is 0 Å². The van der Waals surface area contributed by atoms with E-state index < -0.39 is 0 Å². The summed E-state index contributed by atoms with van der Waals surface area (Å²) in [6, 6.07) is 7.94. The van der Waals surface area contributed by atoms with Gasteiger partial charge in [0.1, 0.15) is 5.82 Å². The molecule has 0 spiro atoms. The van der Waals surface area contributed by atoms with E-state index in [9.17, 15) is 4.79 Å². The molecule has 2 heterocycles. The number of halogens is 1. The molecule has 3 N–H and O–H groups in total. The lowest BCUT2D eigenvalue weighted by molar-refractivity contribution is -0.127. The molecule has 0 saturated carbocycles. The summed E-state index contributed by atoms with van der Waals surface area (Å²) < 4.78 is 0. The number of carbonyl (C=O) groups excluding carboxylic acids is 1. The number of para-hydroxylation sites is 2. The van der Waals surface area contributed by atoms with Gasteiger partial charge in [0.15, 0.2) is 0 Å². The summed E-state index contributed by atoms with van der Waals surface area (Å²) in [7, 11) is 0. The molecule has 0 aliphatic carbocycles. The summed E-state index contributed by atoms with van der Waals surface area (Å²) in [5, 5.41) is 6.56. The average Bonchev–Trinajstić information content (AvgIpc) is 3.03. The number of nitrogens with one attached hydrogen (secondary N) is 3. The van der Waals surface area contributed by atoms with E-state index in [4.69, 9.17) is 4.98 Å². The van der Waals surface area contributed by atoms with Crippen LogP contribution in [0.15, 0.2) is 24.3 Å². The number of fused-ring (bicyclic) bond motifs is 1. The highest BCUT2D eigenvalue weighted by atomic mass is 35.5. The number of rotatable bonds is 5. The first-order chi connectivity index (χ1) is 11.2. The zero-order valence-electron chi connectivity index (χ0n) is 14.3. The fraction of sp³-hybridized carbons (Fsp3) is 0.556. The fourth-order valence-electron chi connectivity index (χ4n) is 3.19. The lowest BCUT2D eigenvalue weighted by Gasteiger charge is -2.27. The molecule has 0 bridgehead atoms. The average molecular weight is 351 g/mol. The minimum atomic E-state index is -0.0604. The van der Waals surface area contributed by atoms with Crippen molar-refractivity contribution < 1.29 is 4.79 Å². The van der Waals surface area contributed by atoms with Gasteiger partial charge in [-0.05, 0) is 44.0 Å². The summed E-state index contributed by atoms with van der Waals surface area (Å²) in [5.41, 5.74) is 1.97. The second-order valence-electron chi connectivity index (χ2n) is 6.54. The van der Waals surface area contributed by atoms with Crippen molar-refractivity contribution in [3.05, 3.63) is 30.1 Å². The van der Waals surface area contributed by atoms with Crippen LogP contribution in [-0.2, 0) is 4.79 Å². The highest BCUT2D eigenvalue weighted by molar-refractivity contribution is 5.85. The molecule has 5 nitrogen and oxygen atoms in total. The van der Waals surface area contributed by atoms with E-state index >= 15 is 0 Å². The summed E-state index contributed by atoms with van der Waals surface area (Å²) in [5.74, 6) is 1.48. The van der Waals surface area contributed by atoms with Crippen molar-refractivity contribution in [1.29, 1.82) is 0 Å². The van der Waals surface area contributed by atoms with Crippen LogP contribution in [-0.4, -0.2) is 29.0 Å². The van der Waals surface area contributed by atoms with Crippen molar-refractivity contribution in [2.24, 2.45) is 11.8 Å². The van der Waals surface area contributed by atoms with E-state index in [1.165, 1.54) is 0 Å². The van der Waals surface area contributed by atoms with Gasteiger partial charge in [-0.3, -0.25) is 4.79 Å². The van der Waals surface area contributed by atoms with Gasteiger partial charge in [0.2, 0.25) is 5.91 Å². The minimum Gasteiger partial charge on any atom is -0.346 e. The first-order valence-corrected chi connectivity index (χ1v) is 8.64. The summed E-state index contributed by atoms with van der Waals surface area (Å²) in [6.07, 6.45) is 2.83. The maximum absolute atomic E-state index is 12.6. The zero-order valence-corrected chi connectivity index (χ0v) is 15.2. The first-order valence-electron chi connectivity index (χ1n) is 8.64. The molecule has 1 aliphatic rings. The number of hydrogen-bond acceptors (Lipinski definition) is 3. The lowest BCUT2D eigenvalue weighted by Crippen LogP contribution is -2.41. The Balaban J connectivity index is 0.00000208. The van der Waals surface area contributed by atoms with Gasteiger partial charge in [-0.25, -0.2) is 4.98 Å². The van der Waals surface area contributed by atoms with Crippen LogP contribution in [0.3, 0.4) is 0 Å². The molecule has 1 aromatic heterocycles. The van der Waals surface area contributed by atoms with Crippen LogP contribution < -0.4 is 10.6 Å². The Bertz CT molecular complexity index is 633. The van der Waals surface area contributed by atoms with Crippen LogP contribution >= 0.6 is 12.4 Å². The van der Waals surface area contributed by atoms with Gasteiger partial charge >= 0.3 is 0 Å². The Kier molecular flexibility index (Phi) is 6.63. The van der Waals surface area contributed by atoms with Crippen LogP contribution in [0, 0.1) is 11.8 Å². The van der Waals surface area contributed by atoms with Crippen LogP contribution in [0.1, 0.15) is 45.0 Å². The third-order valence-electron chi connectivity index (χ3n) is 4.92. The number of H-pyrrole nitrogens is 1. The van der Waals surface area contributed by atoms with Crippen molar-refractivity contribution in [2.45, 2.75) is 39.2 Å².